The van der Waals surface area contributed by atoms with Gasteiger partial charge in [0.15, 0.2) is 11.6 Å². The lowest BCUT2D eigenvalue weighted by atomic mass is 10.2. The van der Waals surface area contributed by atoms with E-state index in [-0.39, 0.29) is 10.0 Å². The highest BCUT2D eigenvalue weighted by atomic mass is 79.9. The molecule has 0 aromatic heterocycles. The van der Waals surface area contributed by atoms with E-state index in [2.05, 4.69) is 15.9 Å². The van der Waals surface area contributed by atoms with Crippen LogP contribution in [0.25, 0.3) is 0 Å². The molecule has 0 aliphatic carbocycles. The number of hydrogen-bond donors (Lipinski definition) is 1. The lowest BCUT2D eigenvalue weighted by Gasteiger charge is -2.11. The molecule has 1 aromatic carbocycles. The molecule has 0 saturated heterocycles. The normalized spacial score (nSPS) is 11.4. The number of carbonyl (C=O) groups excluding carboxylic acids is 1. The van der Waals surface area contributed by atoms with Gasteiger partial charge in [-0.15, -0.1) is 0 Å². The van der Waals surface area contributed by atoms with Crippen molar-refractivity contribution < 1.29 is 22.4 Å². The zero-order chi connectivity index (χ0) is 13.2. The van der Waals surface area contributed by atoms with E-state index in [0.717, 1.165) is 6.07 Å². The van der Waals surface area contributed by atoms with Gasteiger partial charge in [-0.1, -0.05) is 0 Å². The maximum atomic E-state index is 12.9. The van der Waals surface area contributed by atoms with Crippen LogP contribution in [0, 0.1) is 11.6 Å². The van der Waals surface area contributed by atoms with Crippen molar-refractivity contribution >= 4 is 21.8 Å². The zero-order valence-corrected chi connectivity index (χ0v) is 10.2. The number of carbonyl (C=O) groups is 1. The minimum Gasteiger partial charge on any atom is -0.346 e. The van der Waals surface area contributed by atoms with Crippen molar-refractivity contribution in [2.24, 2.45) is 0 Å². The standard InChI is InChI=1S/C10H8BrF4NO/c1-10(14,15)4-16-9(17)5-2-6(11)8(13)7(12)3-5/h2-3H,4H2,1H3,(H,16,17). The van der Waals surface area contributed by atoms with Gasteiger partial charge in [-0.3, -0.25) is 4.79 Å². The first kappa shape index (κ1) is 14.0. The van der Waals surface area contributed by atoms with Crippen LogP contribution in [0.1, 0.15) is 17.3 Å². The van der Waals surface area contributed by atoms with E-state index < -0.39 is 30.0 Å². The number of halogens is 5. The highest BCUT2D eigenvalue weighted by molar-refractivity contribution is 9.10. The maximum absolute atomic E-state index is 12.9. The van der Waals surface area contributed by atoms with Gasteiger partial charge in [0.05, 0.1) is 11.0 Å². The van der Waals surface area contributed by atoms with Crippen molar-refractivity contribution in [3.63, 3.8) is 0 Å². The summed E-state index contributed by atoms with van der Waals surface area (Å²) in [6, 6.07) is 1.66. The third-order valence-electron chi connectivity index (χ3n) is 1.81. The van der Waals surface area contributed by atoms with Gasteiger partial charge in [0, 0.05) is 12.5 Å². The fraction of sp³-hybridized carbons (Fsp3) is 0.300. The summed E-state index contributed by atoms with van der Waals surface area (Å²) in [4.78, 5) is 11.4. The Labute approximate surface area is 103 Å². The predicted molar refractivity (Wildman–Crippen MR) is 57.0 cm³/mol. The number of hydrogen-bond acceptors (Lipinski definition) is 1. The highest BCUT2D eigenvalue weighted by Gasteiger charge is 2.22. The summed E-state index contributed by atoms with van der Waals surface area (Å²) in [6.07, 6.45) is 0. The van der Waals surface area contributed by atoms with Gasteiger partial charge < -0.3 is 5.32 Å². The third kappa shape index (κ3) is 3.99. The summed E-state index contributed by atoms with van der Waals surface area (Å²) in [6.45, 7) is -0.239. The molecule has 1 amide bonds. The Balaban J connectivity index is 2.84. The van der Waals surface area contributed by atoms with Crippen molar-refractivity contribution in [1.82, 2.24) is 5.32 Å². The van der Waals surface area contributed by atoms with Crippen molar-refractivity contribution in [2.75, 3.05) is 6.54 Å². The van der Waals surface area contributed by atoms with E-state index >= 15 is 0 Å². The zero-order valence-electron chi connectivity index (χ0n) is 8.66. The SMILES string of the molecule is CC(F)(F)CNC(=O)c1cc(F)c(F)c(Br)c1. The topological polar surface area (TPSA) is 29.1 Å². The summed E-state index contributed by atoms with van der Waals surface area (Å²) < 4.78 is 50.5. The molecule has 2 nitrogen and oxygen atoms in total. The number of alkyl halides is 2. The van der Waals surface area contributed by atoms with E-state index in [9.17, 15) is 22.4 Å². The Hall–Kier alpha value is -1.11. The van der Waals surface area contributed by atoms with Gasteiger partial charge in [-0.25, -0.2) is 17.6 Å². The van der Waals surface area contributed by atoms with E-state index in [1.807, 2.05) is 5.32 Å². The Morgan fingerprint density at radius 3 is 2.47 bits per heavy atom. The van der Waals surface area contributed by atoms with Gasteiger partial charge in [0.1, 0.15) is 0 Å². The number of rotatable bonds is 3. The molecule has 1 rings (SSSR count). The summed E-state index contributed by atoms with van der Waals surface area (Å²) in [5, 5.41) is 1.91. The second-order valence-electron chi connectivity index (χ2n) is 3.51. The molecule has 0 aliphatic rings. The van der Waals surface area contributed by atoms with Crippen LogP contribution in [0.15, 0.2) is 16.6 Å². The monoisotopic (exact) mass is 313 g/mol. The van der Waals surface area contributed by atoms with Crippen LogP contribution in [0.3, 0.4) is 0 Å². The van der Waals surface area contributed by atoms with Crippen molar-refractivity contribution in [3.05, 3.63) is 33.8 Å². The molecule has 0 fully saturated rings. The second kappa shape index (κ2) is 5.03. The van der Waals surface area contributed by atoms with E-state index in [4.69, 9.17) is 0 Å². The smallest absolute Gasteiger partial charge is 0.262 e. The molecular formula is C10H8BrF4NO. The highest BCUT2D eigenvalue weighted by Crippen LogP contribution is 2.20. The maximum Gasteiger partial charge on any atom is 0.262 e. The van der Waals surface area contributed by atoms with Crippen molar-refractivity contribution in [3.8, 4) is 0 Å². The molecule has 0 saturated carbocycles. The van der Waals surface area contributed by atoms with Crippen LogP contribution < -0.4 is 5.32 Å². The minimum atomic E-state index is -3.06. The molecule has 0 atom stereocenters. The van der Waals surface area contributed by atoms with Gasteiger partial charge in [0.2, 0.25) is 0 Å². The summed E-state index contributed by atoms with van der Waals surface area (Å²) >= 11 is 2.71. The molecule has 0 unspecified atom stereocenters. The Kier molecular flexibility index (Phi) is 4.13. The fourth-order valence-electron chi connectivity index (χ4n) is 1.02. The third-order valence-corrected chi connectivity index (χ3v) is 2.38. The van der Waals surface area contributed by atoms with Crippen LogP contribution in [-0.2, 0) is 0 Å². The van der Waals surface area contributed by atoms with Crippen LogP contribution in [0.5, 0.6) is 0 Å². The van der Waals surface area contributed by atoms with Crippen molar-refractivity contribution in [2.45, 2.75) is 12.8 Å². The quantitative estimate of drug-likeness (QED) is 0.674. The Bertz CT molecular complexity index is 421. The largest absolute Gasteiger partial charge is 0.346 e. The molecule has 1 N–H and O–H groups in total. The van der Waals surface area contributed by atoms with Crippen LogP contribution in [0.2, 0.25) is 0 Å². The molecule has 17 heavy (non-hydrogen) atoms. The molecule has 0 bridgehead atoms. The first-order valence-corrected chi connectivity index (χ1v) is 5.30. The van der Waals surface area contributed by atoms with E-state index in [1.165, 1.54) is 0 Å². The second-order valence-corrected chi connectivity index (χ2v) is 4.36. The van der Waals surface area contributed by atoms with Crippen LogP contribution >= 0.6 is 15.9 Å². The van der Waals surface area contributed by atoms with E-state index in [1.54, 1.807) is 0 Å². The van der Waals surface area contributed by atoms with Gasteiger partial charge in [-0.05, 0) is 28.1 Å². The predicted octanol–water partition coefficient (Wildman–Crippen LogP) is 3.11. The minimum absolute atomic E-state index is 0.236. The first-order chi connectivity index (χ1) is 7.70. The molecule has 0 aliphatic heterocycles. The molecule has 7 heteroatoms. The molecule has 0 spiro atoms. The van der Waals surface area contributed by atoms with E-state index in [0.29, 0.717) is 13.0 Å². The summed E-state index contributed by atoms with van der Waals surface area (Å²) in [5.41, 5.74) is -0.236. The number of amides is 1. The van der Waals surface area contributed by atoms with Gasteiger partial charge in [0.25, 0.3) is 11.8 Å². The number of nitrogens with one attached hydrogen (secondary N) is 1. The molecule has 0 radical (unpaired) electrons. The molecule has 1 aromatic rings. The average molecular weight is 314 g/mol. The van der Waals surface area contributed by atoms with Gasteiger partial charge in [-0.2, -0.15) is 0 Å². The summed E-state index contributed by atoms with van der Waals surface area (Å²) in [5.74, 6) is -6.33. The first-order valence-electron chi connectivity index (χ1n) is 4.51. The lowest BCUT2D eigenvalue weighted by Crippen LogP contribution is -2.34. The van der Waals surface area contributed by atoms with Crippen molar-refractivity contribution in [1.29, 1.82) is 0 Å². The van der Waals surface area contributed by atoms with Crippen LogP contribution in [0.4, 0.5) is 17.6 Å². The number of benzene rings is 1. The average Bonchev–Trinajstić information content (AvgIpc) is 2.20. The molecular weight excluding hydrogens is 306 g/mol. The van der Waals surface area contributed by atoms with Crippen LogP contribution in [-0.4, -0.2) is 18.4 Å². The fourth-order valence-corrected chi connectivity index (χ4v) is 1.46. The summed E-state index contributed by atoms with van der Waals surface area (Å²) in [7, 11) is 0. The lowest BCUT2D eigenvalue weighted by molar-refractivity contribution is 0.0221. The molecule has 94 valence electrons. The molecule has 0 heterocycles. The van der Waals surface area contributed by atoms with Gasteiger partial charge >= 0.3 is 0 Å². The Morgan fingerprint density at radius 2 is 2.00 bits per heavy atom. The Morgan fingerprint density at radius 1 is 1.41 bits per heavy atom.